The highest BCUT2D eigenvalue weighted by atomic mass is 16.5. The molecule has 0 aromatic heterocycles. The second-order valence-corrected chi connectivity index (χ2v) is 6.12. The van der Waals surface area contributed by atoms with Gasteiger partial charge in [0.25, 0.3) is 5.91 Å². The summed E-state index contributed by atoms with van der Waals surface area (Å²) in [5, 5.41) is 0. The largest absolute Gasteiger partial charge is 0.480 e. The van der Waals surface area contributed by atoms with Crippen molar-refractivity contribution in [2.75, 3.05) is 13.1 Å². The summed E-state index contributed by atoms with van der Waals surface area (Å²) >= 11 is 0. The fourth-order valence-electron chi connectivity index (χ4n) is 3.26. The lowest BCUT2D eigenvalue weighted by atomic mass is 9.85. The van der Waals surface area contributed by atoms with Crippen molar-refractivity contribution in [2.24, 2.45) is 11.7 Å². The van der Waals surface area contributed by atoms with Gasteiger partial charge in [0.15, 0.2) is 6.10 Å². The minimum atomic E-state index is -0.346. The van der Waals surface area contributed by atoms with E-state index in [4.69, 9.17) is 10.5 Å². The van der Waals surface area contributed by atoms with Gasteiger partial charge in [-0.3, -0.25) is 4.79 Å². The van der Waals surface area contributed by atoms with Crippen LogP contribution in [0, 0.1) is 5.92 Å². The van der Waals surface area contributed by atoms with Crippen LogP contribution in [0.2, 0.25) is 0 Å². The van der Waals surface area contributed by atoms with Gasteiger partial charge in [0, 0.05) is 19.5 Å². The van der Waals surface area contributed by atoms with Crippen LogP contribution in [0.25, 0.3) is 0 Å². The first-order chi connectivity index (χ1) is 9.16. The Labute approximate surface area is 112 Å². The van der Waals surface area contributed by atoms with Crippen LogP contribution in [-0.2, 0) is 11.2 Å². The van der Waals surface area contributed by atoms with Gasteiger partial charge < -0.3 is 15.4 Å². The molecule has 1 saturated carbocycles. The van der Waals surface area contributed by atoms with Gasteiger partial charge in [0.05, 0.1) is 5.54 Å². The molecular weight excluding hydrogens is 240 g/mol. The van der Waals surface area contributed by atoms with Crippen molar-refractivity contribution >= 4 is 5.91 Å². The standard InChI is InChI=1S/C15H18N2O2/c16-15(11-5-6-11)8-17(9-15)14(18)13-7-10-3-1-2-4-12(10)19-13/h1-4,11,13H,5-9,16H2. The number of rotatable bonds is 2. The summed E-state index contributed by atoms with van der Waals surface area (Å²) < 4.78 is 5.74. The zero-order chi connectivity index (χ0) is 13.0. The number of hydrogen-bond acceptors (Lipinski definition) is 3. The lowest BCUT2D eigenvalue weighted by Crippen LogP contribution is -2.71. The van der Waals surface area contributed by atoms with Crippen LogP contribution in [0.4, 0.5) is 0 Å². The molecule has 2 N–H and O–H groups in total. The van der Waals surface area contributed by atoms with Crippen molar-refractivity contribution in [2.45, 2.75) is 30.9 Å². The molecule has 1 aliphatic carbocycles. The predicted molar refractivity (Wildman–Crippen MR) is 70.8 cm³/mol. The molecule has 0 spiro atoms. The highest BCUT2D eigenvalue weighted by molar-refractivity contribution is 5.83. The van der Waals surface area contributed by atoms with E-state index in [0.717, 1.165) is 11.3 Å². The molecule has 2 heterocycles. The Bertz CT molecular complexity index is 508. The normalized spacial score (nSPS) is 27.4. The molecule has 4 heteroatoms. The van der Waals surface area contributed by atoms with Crippen LogP contribution in [0.3, 0.4) is 0 Å². The number of carbonyl (C=O) groups excluding carboxylic acids is 1. The molecule has 1 atom stereocenters. The molecule has 19 heavy (non-hydrogen) atoms. The number of benzene rings is 1. The van der Waals surface area contributed by atoms with Crippen molar-refractivity contribution in [3.63, 3.8) is 0 Å². The number of ether oxygens (including phenoxy) is 1. The maximum Gasteiger partial charge on any atom is 0.264 e. The van der Waals surface area contributed by atoms with Gasteiger partial charge in [-0.25, -0.2) is 0 Å². The Morgan fingerprint density at radius 1 is 1.32 bits per heavy atom. The van der Waals surface area contributed by atoms with Crippen LogP contribution in [0.5, 0.6) is 5.75 Å². The van der Waals surface area contributed by atoms with Gasteiger partial charge >= 0.3 is 0 Å². The third kappa shape index (κ3) is 1.74. The van der Waals surface area contributed by atoms with Gasteiger partial charge in [-0.15, -0.1) is 0 Å². The number of fused-ring (bicyclic) bond motifs is 1. The molecule has 0 radical (unpaired) electrons. The Morgan fingerprint density at radius 2 is 2.05 bits per heavy atom. The minimum absolute atomic E-state index is 0.0953. The van der Waals surface area contributed by atoms with E-state index >= 15 is 0 Å². The third-order valence-electron chi connectivity index (χ3n) is 4.60. The first kappa shape index (κ1) is 11.3. The van der Waals surface area contributed by atoms with E-state index in [0.29, 0.717) is 25.4 Å². The number of amides is 1. The van der Waals surface area contributed by atoms with E-state index in [1.165, 1.54) is 12.8 Å². The number of nitrogens with two attached hydrogens (primary N) is 1. The van der Waals surface area contributed by atoms with Crippen LogP contribution >= 0.6 is 0 Å². The van der Waals surface area contributed by atoms with Crippen molar-refractivity contribution in [1.82, 2.24) is 4.90 Å². The molecule has 0 bridgehead atoms. The monoisotopic (exact) mass is 258 g/mol. The highest BCUT2D eigenvalue weighted by Crippen LogP contribution is 2.43. The van der Waals surface area contributed by atoms with Crippen molar-refractivity contribution in [3.8, 4) is 5.75 Å². The zero-order valence-electron chi connectivity index (χ0n) is 10.8. The number of hydrogen-bond donors (Lipinski definition) is 1. The van der Waals surface area contributed by atoms with Gasteiger partial charge in [0.1, 0.15) is 5.75 Å². The van der Waals surface area contributed by atoms with Crippen LogP contribution in [0.1, 0.15) is 18.4 Å². The SMILES string of the molecule is NC1(C2CC2)CN(C(=O)C2Cc3ccccc3O2)C1. The smallest absolute Gasteiger partial charge is 0.264 e. The quantitative estimate of drug-likeness (QED) is 0.859. The molecule has 1 saturated heterocycles. The van der Waals surface area contributed by atoms with Crippen molar-refractivity contribution in [3.05, 3.63) is 29.8 Å². The topological polar surface area (TPSA) is 55.6 Å². The van der Waals surface area contributed by atoms with Crippen LogP contribution < -0.4 is 10.5 Å². The maximum atomic E-state index is 12.4. The Kier molecular flexibility index (Phi) is 2.22. The summed E-state index contributed by atoms with van der Waals surface area (Å²) in [6, 6.07) is 7.87. The molecule has 4 rings (SSSR count). The van der Waals surface area contributed by atoms with Gasteiger partial charge in [-0.2, -0.15) is 0 Å². The molecule has 1 unspecified atom stereocenters. The zero-order valence-corrected chi connectivity index (χ0v) is 10.8. The lowest BCUT2D eigenvalue weighted by molar-refractivity contribution is -0.146. The molecule has 100 valence electrons. The Balaban J connectivity index is 1.41. The average molecular weight is 258 g/mol. The number of para-hydroxylation sites is 1. The number of nitrogens with zero attached hydrogens (tertiary/aromatic N) is 1. The third-order valence-corrected chi connectivity index (χ3v) is 4.60. The molecule has 4 nitrogen and oxygen atoms in total. The predicted octanol–water partition coefficient (Wildman–Crippen LogP) is 0.940. The number of likely N-dealkylation sites (tertiary alicyclic amines) is 1. The minimum Gasteiger partial charge on any atom is -0.480 e. The second-order valence-electron chi connectivity index (χ2n) is 6.12. The second kappa shape index (κ2) is 3.73. The molecule has 2 aliphatic heterocycles. The van der Waals surface area contributed by atoms with Crippen LogP contribution in [0.15, 0.2) is 24.3 Å². The summed E-state index contributed by atoms with van der Waals surface area (Å²) in [7, 11) is 0. The summed E-state index contributed by atoms with van der Waals surface area (Å²) in [6.45, 7) is 1.40. The van der Waals surface area contributed by atoms with Gasteiger partial charge in [0.2, 0.25) is 0 Å². The van der Waals surface area contributed by atoms with Gasteiger partial charge in [-0.1, -0.05) is 18.2 Å². The molecule has 2 fully saturated rings. The van der Waals surface area contributed by atoms with E-state index in [9.17, 15) is 4.79 Å². The highest BCUT2D eigenvalue weighted by Gasteiger charge is 2.52. The summed E-state index contributed by atoms with van der Waals surface area (Å²) in [5.41, 5.74) is 7.30. The molecular formula is C15H18N2O2. The van der Waals surface area contributed by atoms with E-state index in [1.807, 2.05) is 29.2 Å². The Morgan fingerprint density at radius 3 is 2.74 bits per heavy atom. The van der Waals surface area contributed by atoms with Crippen molar-refractivity contribution in [1.29, 1.82) is 0 Å². The maximum absolute atomic E-state index is 12.4. The van der Waals surface area contributed by atoms with Crippen LogP contribution in [-0.4, -0.2) is 35.5 Å². The van der Waals surface area contributed by atoms with E-state index in [1.54, 1.807) is 0 Å². The number of carbonyl (C=O) groups is 1. The summed E-state index contributed by atoms with van der Waals surface area (Å²) in [5.74, 6) is 1.58. The first-order valence-corrected chi connectivity index (χ1v) is 6.98. The molecule has 1 amide bonds. The first-order valence-electron chi connectivity index (χ1n) is 6.98. The summed E-state index contributed by atoms with van der Waals surface area (Å²) in [4.78, 5) is 14.2. The van der Waals surface area contributed by atoms with E-state index < -0.39 is 0 Å². The fourth-order valence-corrected chi connectivity index (χ4v) is 3.26. The molecule has 3 aliphatic rings. The lowest BCUT2D eigenvalue weighted by Gasteiger charge is -2.48. The molecule has 1 aromatic rings. The Hall–Kier alpha value is -1.55. The van der Waals surface area contributed by atoms with Gasteiger partial charge in [-0.05, 0) is 30.4 Å². The molecule has 1 aromatic carbocycles. The average Bonchev–Trinajstić information content (AvgIpc) is 3.13. The summed E-state index contributed by atoms with van der Waals surface area (Å²) in [6.07, 6.45) is 2.79. The van der Waals surface area contributed by atoms with E-state index in [-0.39, 0.29) is 17.6 Å². The van der Waals surface area contributed by atoms with E-state index in [2.05, 4.69) is 0 Å². The van der Waals surface area contributed by atoms with Crippen molar-refractivity contribution < 1.29 is 9.53 Å². The fraction of sp³-hybridized carbons (Fsp3) is 0.533.